The lowest BCUT2D eigenvalue weighted by molar-refractivity contribution is -0.134. The molecular weight excluding hydrogens is 324 g/mol. The lowest BCUT2D eigenvalue weighted by Gasteiger charge is -2.10. The number of esters is 1. The van der Waals surface area contributed by atoms with Crippen LogP contribution in [0.1, 0.15) is 21.6 Å². The van der Waals surface area contributed by atoms with E-state index in [9.17, 15) is 9.59 Å². The summed E-state index contributed by atoms with van der Waals surface area (Å²) in [6, 6.07) is 5.13. The van der Waals surface area contributed by atoms with Gasteiger partial charge in [-0.1, -0.05) is 6.07 Å². The number of aryl methyl sites for hydroxylation is 2. The van der Waals surface area contributed by atoms with Gasteiger partial charge in [-0.3, -0.25) is 9.48 Å². The van der Waals surface area contributed by atoms with E-state index < -0.39 is 5.97 Å². The number of rotatable bonds is 7. The van der Waals surface area contributed by atoms with Crippen LogP contribution >= 0.6 is 0 Å². The van der Waals surface area contributed by atoms with Crippen LogP contribution in [0.5, 0.6) is 11.5 Å². The fraction of sp³-hybridized carbons (Fsp3) is 0.278. The van der Waals surface area contributed by atoms with Crippen molar-refractivity contribution >= 4 is 17.8 Å². The molecule has 0 unspecified atom stereocenters. The van der Waals surface area contributed by atoms with Crippen molar-refractivity contribution in [2.24, 2.45) is 7.05 Å². The Labute approximate surface area is 145 Å². The summed E-state index contributed by atoms with van der Waals surface area (Å²) in [5.41, 5.74) is 1.93. The first-order valence-electron chi connectivity index (χ1n) is 7.55. The van der Waals surface area contributed by atoms with Crippen molar-refractivity contribution < 1.29 is 23.8 Å². The van der Waals surface area contributed by atoms with Gasteiger partial charge >= 0.3 is 5.97 Å². The molecule has 132 valence electrons. The predicted molar refractivity (Wildman–Crippen MR) is 91.8 cm³/mol. The molecule has 0 aliphatic heterocycles. The summed E-state index contributed by atoms with van der Waals surface area (Å²) in [6.07, 6.45) is 4.57. The van der Waals surface area contributed by atoms with Gasteiger partial charge < -0.3 is 14.2 Å². The second kappa shape index (κ2) is 8.14. The maximum Gasteiger partial charge on any atom is 0.330 e. The lowest BCUT2D eigenvalue weighted by Crippen LogP contribution is -2.12. The molecule has 0 aliphatic carbocycles. The number of hydrogen-bond acceptors (Lipinski definition) is 6. The number of carbonyl (C=O) groups is 2. The minimum atomic E-state index is -0.447. The maximum absolute atomic E-state index is 12.2. The molecule has 0 spiro atoms. The van der Waals surface area contributed by atoms with Crippen LogP contribution in [0.2, 0.25) is 0 Å². The number of benzene rings is 1. The standard InChI is InChI=1S/C18H20N2O5/c1-12-14(10-20(2)19-12)15(21)11-25-16-7-5-13(9-17(16)23-3)6-8-18(22)24-4/h5-10H,11H2,1-4H3/b8-6-. The molecule has 1 aromatic carbocycles. The Morgan fingerprint density at radius 2 is 2.00 bits per heavy atom. The molecule has 0 aliphatic rings. The van der Waals surface area contributed by atoms with Gasteiger partial charge in [0.25, 0.3) is 0 Å². The highest BCUT2D eigenvalue weighted by Crippen LogP contribution is 2.28. The third-order valence-electron chi connectivity index (χ3n) is 3.47. The van der Waals surface area contributed by atoms with Crippen molar-refractivity contribution in [2.45, 2.75) is 6.92 Å². The van der Waals surface area contributed by atoms with Crippen LogP contribution in [0, 0.1) is 6.92 Å². The van der Waals surface area contributed by atoms with E-state index in [0.717, 1.165) is 5.56 Å². The summed E-state index contributed by atoms with van der Waals surface area (Å²) in [4.78, 5) is 23.4. The zero-order valence-corrected chi connectivity index (χ0v) is 14.6. The van der Waals surface area contributed by atoms with Crippen LogP contribution in [0.3, 0.4) is 0 Å². The topological polar surface area (TPSA) is 79.7 Å². The highest BCUT2D eigenvalue weighted by Gasteiger charge is 2.14. The fourth-order valence-corrected chi connectivity index (χ4v) is 2.23. The van der Waals surface area contributed by atoms with Crippen molar-refractivity contribution in [1.29, 1.82) is 0 Å². The van der Waals surface area contributed by atoms with Crippen LogP contribution in [0.25, 0.3) is 6.08 Å². The minimum absolute atomic E-state index is 0.125. The molecule has 1 heterocycles. The molecule has 0 radical (unpaired) electrons. The Hall–Kier alpha value is -3.09. The van der Waals surface area contributed by atoms with Gasteiger partial charge in [-0.15, -0.1) is 0 Å². The van der Waals surface area contributed by atoms with E-state index in [2.05, 4.69) is 9.84 Å². The molecule has 1 aromatic heterocycles. The molecular formula is C18H20N2O5. The summed E-state index contributed by atoms with van der Waals surface area (Å²) in [5.74, 6) is 0.286. The summed E-state index contributed by atoms with van der Waals surface area (Å²) < 4.78 is 17.0. The molecule has 0 atom stereocenters. The number of ketones is 1. The van der Waals surface area contributed by atoms with Gasteiger partial charge in [0, 0.05) is 19.3 Å². The van der Waals surface area contributed by atoms with E-state index in [-0.39, 0.29) is 12.4 Å². The van der Waals surface area contributed by atoms with Crippen molar-refractivity contribution in [2.75, 3.05) is 20.8 Å². The number of nitrogens with zero attached hydrogens (tertiary/aromatic N) is 2. The molecule has 7 heteroatoms. The van der Waals surface area contributed by atoms with Crippen LogP contribution < -0.4 is 9.47 Å². The molecule has 2 rings (SSSR count). The summed E-state index contributed by atoms with van der Waals surface area (Å²) in [5, 5.41) is 4.14. The van der Waals surface area contributed by atoms with Gasteiger partial charge in [-0.2, -0.15) is 5.10 Å². The SMILES string of the molecule is COC(=O)/C=C\c1ccc(OCC(=O)c2cn(C)nc2C)c(OC)c1. The quantitative estimate of drug-likeness (QED) is 0.435. The monoisotopic (exact) mass is 344 g/mol. The summed E-state index contributed by atoms with van der Waals surface area (Å²) in [7, 11) is 4.57. The zero-order chi connectivity index (χ0) is 18.4. The Morgan fingerprint density at radius 1 is 1.24 bits per heavy atom. The minimum Gasteiger partial charge on any atom is -0.493 e. The first-order chi connectivity index (χ1) is 11.9. The van der Waals surface area contributed by atoms with Crippen molar-refractivity contribution in [3.05, 3.63) is 47.3 Å². The van der Waals surface area contributed by atoms with E-state index >= 15 is 0 Å². The smallest absolute Gasteiger partial charge is 0.330 e. The number of methoxy groups -OCH3 is 2. The number of ether oxygens (including phenoxy) is 3. The van der Waals surface area contributed by atoms with Gasteiger partial charge in [-0.05, 0) is 30.7 Å². The van der Waals surface area contributed by atoms with E-state index in [0.29, 0.717) is 22.8 Å². The molecule has 0 bridgehead atoms. The Morgan fingerprint density at radius 3 is 2.60 bits per heavy atom. The molecule has 0 amide bonds. The predicted octanol–water partition coefficient (Wildman–Crippen LogP) is 2.19. The lowest BCUT2D eigenvalue weighted by atomic mass is 10.1. The summed E-state index contributed by atoms with van der Waals surface area (Å²) in [6.45, 7) is 1.65. The van der Waals surface area contributed by atoms with Crippen molar-refractivity contribution in [3.63, 3.8) is 0 Å². The summed E-state index contributed by atoms with van der Waals surface area (Å²) >= 11 is 0. The van der Waals surface area contributed by atoms with Gasteiger partial charge in [-0.25, -0.2) is 4.79 Å². The van der Waals surface area contributed by atoms with E-state index in [1.807, 2.05) is 0 Å². The Kier molecular flexibility index (Phi) is 5.94. The normalized spacial score (nSPS) is 10.7. The maximum atomic E-state index is 12.2. The first kappa shape index (κ1) is 18.3. The Balaban J connectivity index is 2.09. The van der Waals surface area contributed by atoms with Crippen LogP contribution in [0.15, 0.2) is 30.5 Å². The zero-order valence-electron chi connectivity index (χ0n) is 14.6. The van der Waals surface area contributed by atoms with Crippen LogP contribution in [-0.4, -0.2) is 42.4 Å². The number of carbonyl (C=O) groups excluding carboxylic acids is 2. The van der Waals surface area contributed by atoms with E-state index in [4.69, 9.17) is 9.47 Å². The van der Waals surface area contributed by atoms with E-state index in [1.54, 1.807) is 49.1 Å². The largest absolute Gasteiger partial charge is 0.493 e. The van der Waals surface area contributed by atoms with Gasteiger partial charge in [0.05, 0.1) is 25.5 Å². The molecule has 0 fully saturated rings. The average molecular weight is 344 g/mol. The van der Waals surface area contributed by atoms with Crippen molar-refractivity contribution in [1.82, 2.24) is 9.78 Å². The van der Waals surface area contributed by atoms with Crippen LogP contribution in [-0.2, 0) is 16.6 Å². The van der Waals surface area contributed by atoms with E-state index in [1.165, 1.54) is 20.3 Å². The number of Topliss-reactive ketones (excluding diaryl/α,β-unsaturated/α-hetero) is 1. The second-order valence-corrected chi connectivity index (χ2v) is 5.28. The molecule has 0 saturated heterocycles. The third kappa shape index (κ3) is 4.69. The first-order valence-corrected chi connectivity index (χ1v) is 7.55. The Bertz CT molecular complexity index is 808. The number of aromatic nitrogens is 2. The molecule has 0 N–H and O–H groups in total. The van der Waals surface area contributed by atoms with Crippen LogP contribution in [0.4, 0.5) is 0 Å². The average Bonchev–Trinajstić information content (AvgIpc) is 2.96. The third-order valence-corrected chi connectivity index (χ3v) is 3.47. The van der Waals surface area contributed by atoms with Gasteiger partial charge in [0.1, 0.15) is 0 Å². The molecule has 0 saturated carbocycles. The highest BCUT2D eigenvalue weighted by atomic mass is 16.5. The fourth-order valence-electron chi connectivity index (χ4n) is 2.23. The molecule has 7 nitrogen and oxygen atoms in total. The van der Waals surface area contributed by atoms with Crippen molar-refractivity contribution in [3.8, 4) is 11.5 Å². The van der Waals surface area contributed by atoms with Gasteiger partial charge in [0.2, 0.25) is 5.78 Å². The number of hydrogen-bond donors (Lipinski definition) is 0. The second-order valence-electron chi connectivity index (χ2n) is 5.28. The highest BCUT2D eigenvalue weighted by molar-refractivity contribution is 5.98. The molecule has 2 aromatic rings. The molecule has 25 heavy (non-hydrogen) atoms. The van der Waals surface area contributed by atoms with Gasteiger partial charge in [0.15, 0.2) is 18.1 Å².